The minimum absolute atomic E-state index is 0.414. The summed E-state index contributed by atoms with van der Waals surface area (Å²) in [5, 5.41) is 9.87. The smallest absolute Gasteiger partial charge is 0.490 e. The first kappa shape index (κ1) is 30.6. The molecule has 0 radical (unpaired) electrons. The third-order valence-electron chi connectivity index (χ3n) is 4.72. The van der Waals surface area contributed by atoms with E-state index >= 15 is 0 Å². The van der Waals surface area contributed by atoms with Crippen LogP contribution < -0.4 is 10.1 Å². The second kappa shape index (κ2) is 13.3. The van der Waals surface area contributed by atoms with Gasteiger partial charge in [0.25, 0.3) is 0 Å². The fourth-order valence-electron chi connectivity index (χ4n) is 3.06. The zero-order valence-corrected chi connectivity index (χ0v) is 21.6. The lowest BCUT2D eigenvalue weighted by Gasteiger charge is -2.24. The number of aliphatic carboxylic acids is 1. The molecule has 2 N–H and O–H groups in total. The van der Waals surface area contributed by atoms with Gasteiger partial charge in [0, 0.05) is 18.5 Å². The largest absolute Gasteiger partial charge is 0.495 e. The molecular weight excluding hydrogens is 519 g/mol. The van der Waals surface area contributed by atoms with Crippen LogP contribution in [-0.2, 0) is 19.1 Å². The van der Waals surface area contributed by atoms with E-state index in [1.165, 1.54) is 6.08 Å². The number of esters is 1. The molecule has 3 aromatic rings. The van der Waals surface area contributed by atoms with Crippen LogP contribution in [0.5, 0.6) is 5.75 Å². The van der Waals surface area contributed by atoms with Crippen LogP contribution in [0.25, 0.3) is 11.8 Å². The highest BCUT2D eigenvalue weighted by atomic mass is 19.4. The Kier molecular flexibility index (Phi) is 10.4. The molecule has 0 aliphatic carbocycles. The van der Waals surface area contributed by atoms with E-state index in [0.717, 1.165) is 11.3 Å². The Bertz CT molecular complexity index is 1280. The number of benzene rings is 2. The van der Waals surface area contributed by atoms with Gasteiger partial charge in [-0.15, -0.1) is 0 Å². The van der Waals surface area contributed by atoms with Gasteiger partial charge in [-0.2, -0.15) is 13.2 Å². The van der Waals surface area contributed by atoms with Gasteiger partial charge < -0.3 is 24.5 Å². The molecule has 1 unspecified atom stereocenters. The number of aromatic nitrogens is 2. The Labute approximate surface area is 222 Å². The predicted molar refractivity (Wildman–Crippen MR) is 136 cm³/mol. The summed E-state index contributed by atoms with van der Waals surface area (Å²) < 4.78 is 44.5. The van der Waals surface area contributed by atoms with E-state index in [9.17, 15) is 22.8 Å². The average Bonchev–Trinajstić information content (AvgIpc) is 3.40. The molecule has 0 spiro atoms. The summed E-state index contributed by atoms with van der Waals surface area (Å²) >= 11 is 0. The molecule has 1 aromatic heterocycles. The zero-order chi connectivity index (χ0) is 29.2. The van der Waals surface area contributed by atoms with E-state index in [4.69, 9.17) is 19.4 Å². The summed E-state index contributed by atoms with van der Waals surface area (Å²) in [6, 6.07) is 13.7. The van der Waals surface area contributed by atoms with Gasteiger partial charge >= 0.3 is 18.1 Å². The minimum atomic E-state index is -5.08. The van der Waals surface area contributed by atoms with Gasteiger partial charge in [0.2, 0.25) is 5.91 Å². The summed E-state index contributed by atoms with van der Waals surface area (Å²) in [4.78, 5) is 38.3. The Balaban J connectivity index is 0.000000673. The second-order valence-corrected chi connectivity index (χ2v) is 8.92. The van der Waals surface area contributed by atoms with Gasteiger partial charge in [-0.1, -0.05) is 36.4 Å². The predicted octanol–water partition coefficient (Wildman–Crippen LogP) is 4.73. The highest BCUT2D eigenvalue weighted by Gasteiger charge is 2.38. The van der Waals surface area contributed by atoms with Crippen molar-refractivity contribution >= 4 is 23.9 Å². The van der Waals surface area contributed by atoms with Crippen LogP contribution in [0.1, 0.15) is 37.9 Å². The minimum Gasteiger partial charge on any atom is -0.495 e. The van der Waals surface area contributed by atoms with E-state index in [2.05, 4.69) is 10.3 Å². The number of ether oxygens (including phenoxy) is 2. The fraction of sp³-hybridized carbons (Fsp3) is 0.259. The standard InChI is InChI=1S/C25H27N3O4.C2HF3O2/c1-25(2,3)32-24(30)23(19-8-6-5-7-9-19)27-22(29)13-11-18-10-12-20(21(16-18)31-4)28-15-14-26-17-28;3-2(4,5)1(6)7/h5-17,23H,1-4H3,(H,27,29);(H,6,7)/b13-11+;. The van der Waals surface area contributed by atoms with Crippen LogP contribution in [0.4, 0.5) is 13.2 Å². The number of amides is 1. The first-order valence-corrected chi connectivity index (χ1v) is 11.4. The van der Waals surface area contributed by atoms with E-state index in [1.807, 2.05) is 47.2 Å². The van der Waals surface area contributed by atoms with Crippen LogP contribution in [0.2, 0.25) is 0 Å². The van der Waals surface area contributed by atoms with Crippen molar-refractivity contribution < 1.29 is 42.1 Å². The number of carboxylic acid groups (broad SMARTS) is 1. The summed E-state index contributed by atoms with van der Waals surface area (Å²) in [5.74, 6) is -3.05. The third-order valence-corrected chi connectivity index (χ3v) is 4.72. The quantitative estimate of drug-likeness (QED) is 0.324. The highest BCUT2D eigenvalue weighted by Crippen LogP contribution is 2.25. The maximum atomic E-state index is 12.7. The molecule has 1 heterocycles. The van der Waals surface area contributed by atoms with Gasteiger partial charge in [0.15, 0.2) is 6.04 Å². The van der Waals surface area contributed by atoms with Crippen LogP contribution in [0, 0.1) is 0 Å². The monoisotopic (exact) mass is 547 g/mol. The number of hydrogen-bond donors (Lipinski definition) is 2. The molecule has 0 fully saturated rings. The van der Waals surface area contributed by atoms with Crippen molar-refractivity contribution in [1.29, 1.82) is 0 Å². The first-order valence-electron chi connectivity index (χ1n) is 11.4. The maximum absolute atomic E-state index is 12.7. The lowest BCUT2D eigenvalue weighted by atomic mass is 10.1. The molecule has 0 bridgehead atoms. The highest BCUT2D eigenvalue weighted by molar-refractivity contribution is 5.95. The third kappa shape index (κ3) is 9.99. The second-order valence-electron chi connectivity index (χ2n) is 8.92. The Morgan fingerprint density at radius 1 is 1.08 bits per heavy atom. The fourth-order valence-corrected chi connectivity index (χ4v) is 3.06. The van der Waals surface area contributed by atoms with E-state index in [-0.39, 0.29) is 0 Å². The van der Waals surface area contributed by atoms with Gasteiger partial charge in [-0.05, 0) is 50.1 Å². The molecular formula is C27H28F3N3O6. The topological polar surface area (TPSA) is 120 Å². The number of hydrogen-bond acceptors (Lipinski definition) is 6. The number of carbonyl (C=O) groups excluding carboxylic acids is 2. The molecule has 3 rings (SSSR count). The maximum Gasteiger partial charge on any atom is 0.490 e. The Hall–Kier alpha value is -4.61. The number of rotatable bonds is 7. The molecule has 0 aliphatic rings. The number of nitrogens with one attached hydrogen (secondary N) is 1. The number of alkyl halides is 3. The number of halogens is 3. The van der Waals surface area contributed by atoms with Crippen molar-refractivity contribution in [1.82, 2.24) is 14.9 Å². The zero-order valence-electron chi connectivity index (χ0n) is 21.6. The van der Waals surface area contributed by atoms with Crippen LogP contribution in [-0.4, -0.2) is 51.4 Å². The van der Waals surface area contributed by atoms with Crippen molar-refractivity contribution in [3.8, 4) is 11.4 Å². The Morgan fingerprint density at radius 2 is 1.72 bits per heavy atom. The van der Waals surface area contributed by atoms with Crippen molar-refractivity contribution in [2.45, 2.75) is 38.6 Å². The molecule has 0 saturated carbocycles. The average molecular weight is 548 g/mol. The van der Waals surface area contributed by atoms with Crippen molar-refractivity contribution in [2.75, 3.05) is 7.11 Å². The SMILES string of the molecule is COc1cc(/C=C/C(=O)NC(C(=O)OC(C)(C)C)c2ccccc2)ccc1-n1ccnc1.O=C(O)C(F)(F)F. The van der Waals surface area contributed by atoms with Crippen LogP contribution >= 0.6 is 0 Å². The van der Waals surface area contributed by atoms with Gasteiger partial charge in [0.1, 0.15) is 11.4 Å². The summed E-state index contributed by atoms with van der Waals surface area (Å²) in [7, 11) is 1.58. The first-order chi connectivity index (χ1) is 18.2. The molecule has 0 aliphatic heterocycles. The van der Waals surface area contributed by atoms with Gasteiger partial charge in [-0.25, -0.2) is 14.6 Å². The normalized spacial score (nSPS) is 12.2. The van der Waals surface area contributed by atoms with E-state index in [1.54, 1.807) is 58.6 Å². The number of imidazole rings is 1. The molecule has 0 saturated heterocycles. The van der Waals surface area contributed by atoms with Crippen molar-refractivity contribution in [3.05, 3.63) is 84.5 Å². The molecule has 1 atom stereocenters. The van der Waals surface area contributed by atoms with Crippen LogP contribution in [0.3, 0.4) is 0 Å². The number of methoxy groups -OCH3 is 1. The molecule has 12 heteroatoms. The van der Waals surface area contributed by atoms with Gasteiger partial charge in [-0.3, -0.25) is 4.79 Å². The molecule has 2 aromatic carbocycles. The summed E-state index contributed by atoms with van der Waals surface area (Å²) in [5.41, 5.74) is 1.59. The molecule has 1 amide bonds. The summed E-state index contributed by atoms with van der Waals surface area (Å²) in [6.45, 7) is 5.36. The number of carboxylic acids is 1. The van der Waals surface area contributed by atoms with Crippen molar-refractivity contribution in [2.24, 2.45) is 0 Å². The lowest BCUT2D eigenvalue weighted by molar-refractivity contribution is -0.192. The van der Waals surface area contributed by atoms with E-state index < -0.39 is 35.7 Å². The van der Waals surface area contributed by atoms with Crippen LogP contribution in [0.15, 0.2) is 73.3 Å². The molecule has 9 nitrogen and oxygen atoms in total. The van der Waals surface area contributed by atoms with E-state index in [0.29, 0.717) is 11.3 Å². The Morgan fingerprint density at radius 3 is 2.23 bits per heavy atom. The summed E-state index contributed by atoms with van der Waals surface area (Å²) in [6.07, 6.45) is 3.15. The molecule has 208 valence electrons. The molecule has 39 heavy (non-hydrogen) atoms. The van der Waals surface area contributed by atoms with Crippen molar-refractivity contribution in [3.63, 3.8) is 0 Å². The number of carbonyl (C=O) groups is 3. The lowest BCUT2D eigenvalue weighted by Crippen LogP contribution is -2.37. The number of nitrogens with zero attached hydrogens (tertiary/aromatic N) is 2. The van der Waals surface area contributed by atoms with Gasteiger partial charge in [0.05, 0.1) is 19.1 Å².